The summed E-state index contributed by atoms with van der Waals surface area (Å²) in [7, 11) is 2.77. The number of hydrogen-bond donors (Lipinski definition) is 0. The van der Waals surface area contributed by atoms with E-state index in [-0.39, 0.29) is 17.9 Å². The first-order chi connectivity index (χ1) is 8.59. The maximum atomic E-state index is 12.3. The lowest BCUT2D eigenvalue weighted by Crippen LogP contribution is -2.46. The van der Waals surface area contributed by atoms with Crippen LogP contribution in [-0.4, -0.2) is 26.2 Å². The van der Waals surface area contributed by atoms with Crippen LogP contribution in [0.5, 0.6) is 0 Å². The van der Waals surface area contributed by atoms with Crippen LogP contribution in [-0.2, 0) is 19.1 Å². The number of fused-ring (bicyclic) bond motifs is 2. The van der Waals surface area contributed by atoms with Crippen LogP contribution in [0.4, 0.5) is 0 Å². The van der Waals surface area contributed by atoms with Gasteiger partial charge < -0.3 is 9.47 Å². The van der Waals surface area contributed by atoms with Crippen molar-refractivity contribution in [2.24, 2.45) is 23.2 Å². The number of allylic oxidation sites excluding steroid dienone is 2. The van der Waals surface area contributed by atoms with Crippen LogP contribution in [0.25, 0.3) is 0 Å². The molecule has 100 valence electrons. The zero-order valence-corrected chi connectivity index (χ0v) is 11.1. The van der Waals surface area contributed by atoms with Gasteiger partial charge in [-0.15, -0.1) is 0 Å². The van der Waals surface area contributed by atoms with E-state index >= 15 is 0 Å². The van der Waals surface area contributed by atoms with Gasteiger partial charge in [0, 0.05) is 0 Å². The molecule has 0 heterocycles. The van der Waals surface area contributed by atoms with Crippen molar-refractivity contribution < 1.29 is 19.1 Å². The van der Waals surface area contributed by atoms with Crippen LogP contribution < -0.4 is 0 Å². The van der Waals surface area contributed by atoms with E-state index < -0.39 is 11.3 Å². The molecule has 1 fully saturated rings. The third kappa shape index (κ3) is 1.66. The first-order valence-corrected chi connectivity index (χ1v) is 6.44. The van der Waals surface area contributed by atoms with Crippen LogP contribution in [0.1, 0.15) is 26.2 Å². The molecule has 2 aliphatic carbocycles. The number of carbonyl (C=O) groups is 2. The Balaban J connectivity index is 2.40. The minimum Gasteiger partial charge on any atom is -0.469 e. The van der Waals surface area contributed by atoms with Crippen LogP contribution in [0, 0.1) is 23.2 Å². The third-order valence-corrected chi connectivity index (χ3v) is 4.52. The number of rotatable bonds is 4. The quantitative estimate of drug-likeness (QED) is 0.567. The van der Waals surface area contributed by atoms with Gasteiger partial charge in [0.25, 0.3) is 0 Å². The average molecular weight is 252 g/mol. The first-order valence-electron chi connectivity index (χ1n) is 6.44. The van der Waals surface area contributed by atoms with E-state index in [0.29, 0.717) is 18.8 Å². The van der Waals surface area contributed by atoms with E-state index in [4.69, 9.17) is 9.47 Å². The van der Waals surface area contributed by atoms with Crippen molar-refractivity contribution in [2.75, 3.05) is 14.2 Å². The highest BCUT2D eigenvalue weighted by molar-refractivity contribution is 5.86. The number of ether oxygens (including phenoxy) is 2. The first kappa shape index (κ1) is 13.1. The topological polar surface area (TPSA) is 52.6 Å². The summed E-state index contributed by atoms with van der Waals surface area (Å²) in [5, 5.41) is 0. The van der Waals surface area contributed by atoms with Crippen molar-refractivity contribution in [1.82, 2.24) is 0 Å². The maximum Gasteiger partial charge on any atom is 0.313 e. The predicted octanol–water partition coefficient (Wildman–Crippen LogP) is 1.94. The molecule has 2 aliphatic rings. The molecule has 4 atom stereocenters. The maximum absolute atomic E-state index is 12.3. The van der Waals surface area contributed by atoms with Crippen molar-refractivity contribution in [3.8, 4) is 0 Å². The van der Waals surface area contributed by atoms with Gasteiger partial charge in [0.1, 0.15) is 0 Å². The molecule has 2 rings (SSSR count). The highest BCUT2D eigenvalue weighted by Gasteiger charge is 2.60. The minimum atomic E-state index is -0.712. The highest BCUT2D eigenvalue weighted by atomic mass is 16.5. The van der Waals surface area contributed by atoms with Crippen molar-refractivity contribution in [3.05, 3.63) is 12.2 Å². The zero-order valence-electron chi connectivity index (χ0n) is 11.1. The monoisotopic (exact) mass is 252 g/mol. The molecule has 0 aromatic carbocycles. The summed E-state index contributed by atoms with van der Waals surface area (Å²) >= 11 is 0. The number of hydrogen-bond acceptors (Lipinski definition) is 4. The van der Waals surface area contributed by atoms with Gasteiger partial charge in [-0.3, -0.25) is 9.59 Å². The molecule has 0 radical (unpaired) electrons. The molecule has 0 aromatic rings. The fourth-order valence-electron chi connectivity index (χ4n) is 3.74. The molecule has 0 N–H and O–H groups in total. The summed E-state index contributed by atoms with van der Waals surface area (Å²) in [6.07, 6.45) is 6.46. The number of esters is 2. The highest BCUT2D eigenvalue weighted by Crippen LogP contribution is 2.57. The summed E-state index contributed by atoms with van der Waals surface area (Å²) in [4.78, 5) is 24.3. The van der Waals surface area contributed by atoms with Gasteiger partial charge in [-0.1, -0.05) is 19.1 Å². The molecule has 4 unspecified atom stereocenters. The number of carbonyl (C=O) groups excluding carboxylic acids is 2. The Bertz CT molecular complexity index is 387. The van der Waals surface area contributed by atoms with Crippen LogP contribution in [0.3, 0.4) is 0 Å². The van der Waals surface area contributed by atoms with Crippen LogP contribution in [0.15, 0.2) is 12.2 Å². The summed E-state index contributed by atoms with van der Waals surface area (Å²) in [6, 6.07) is 0. The van der Waals surface area contributed by atoms with Gasteiger partial charge in [-0.2, -0.15) is 0 Å². The Morgan fingerprint density at radius 3 is 2.44 bits per heavy atom. The van der Waals surface area contributed by atoms with Crippen molar-refractivity contribution in [3.63, 3.8) is 0 Å². The SMILES string of the molecule is CCC(C(=O)OC)C1(C(=O)OC)CC2C=CC1C2. The fraction of sp³-hybridized carbons (Fsp3) is 0.714. The predicted molar refractivity (Wildman–Crippen MR) is 65.6 cm³/mol. The molecular formula is C14H20O4. The molecule has 18 heavy (non-hydrogen) atoms. The molecule has 0 aromatic heterocycles. The molecule has 0 aliphatic heterocycles. The smallest absolute Gasteiger partial charge is 0.313 e. The van der Waals surface area contributed by atoms with Gasteiger partial charge in [0.2, 0.25) is 0 Å². The largest absolute Gasteiger partial charge is 0.469 e. The van der Waals surface area contributed by atoms with Crippen molar-refractivity contribution in [1.29, 1.82) is 0 Å². The van der Waals surface area contributed by atoms with E-state index in [1.165, 1.54) is 14.2 Å². The van der Waals surface area contributed by atoms with Crippen molar-refractivity contribution >= 4 is 11.9 Å². The molecule has 4 nitrogen and oxygen atoms in total. The van der Waals surface area contributed by atoms with E-state index in [0.717, 1.165) is 6.42 Å². The normalized spacial score (nSPS) is 34.4. The molecule has 4 heteroatoms. The molecule has 0 amide bonds. The van der Waals surface area contributed by atoms with Gasteiger partial charge in [-0.25, -0.2) is 0 Å². The van der Waals surface area contributed by atoms with Gasteiger partial charge in [-0.05, 0) is 31.1 Å². The second-order valence-corrected chi connectivity index (χ2v) is 5.21. The second-order valence-electron chi connectivity index (χ2n) is 5.21. The van der Waals surface area contributed by atoms with Crippen molar-refractivity contribution in [2.45, 2.75) is 26.2 Å². The third-order valence-electron chi connectivity index (χ3n) is 4.52. The van der Waals surface area contributed by atoms with Gasteiger partial charge in [0.15, 0.2) is 0 Å². The Morgan fingerprint density at radius 2 is 2.06 bits per heavy atom. The lowest BCUT2D eigenvalue weighted by Gasteiger charge is -2.37. The van der Waals surface area contributed by atoms with Crippen LogP contribution in [0.2, 0.25) is 0 Å². The van der Waals surface area contributed by atoms with Gasteiger partial charge >= 0.3 is 11.9 Å². The summed E-state index contributed by atoms with van der Waals surface area (Å²) in [5.41, 5.74) is -0.712. The van der Waals surface area contributed by atoms with E-state index in [1.807, 2.05) is 6.92 Å². The minimum absolute atomic E-state index is 0.110. The second kappa shape index (κ2) is 4.75. The van der Waals surface area contributed by atoms with Gasteiger partial charge in [0.05, 0.1) is 25.6 Å². The lowest BCUT2D eigenvalue weighted by molar-refractivity contribution is -0.169. The summed E-state index contributed by atoms with van der Waals surface area (Å²) < 4.78 is 9.86. The molecular weight excluding hydrogens is 232 g/mol. The van der Waals surface area contributed by atoms with Crippen LogP contribution >= 0.6 is 0 Å². The average Bonchev–Trinajstić information content (AvgIpc) is 2.99. The van der Waals surface area contributed by atoms with E-state index in [9.17, 15) is 9.59 Å². The Labute approximate surface area is 107 Å². The Morgan fingerprint density at radius 1 is 1.33 bits per heavy atom. The molecule has 1 saturated carbocycles. The summed E-state index contributed by atoms with van der Waals surface area (Å²) in [6.45, 7) is 1.92. The zero-order chi connectivity index (χ0) is 13.3. The molecule has 0 spiro atoms. The lowest BCUT2D eigenvalue weighted by atomic mass is 9.65. The fourth-order valence-corrected chi connectivity index (χ4v) is 3.74. The Hall–Kier alpha value is -1.32. The standard InChI is InChI=1S/C14H20O4/c1-4-11(12(15)17-2)14(13(16)18-3)8-9-5-6-10(14)7-9/h5-6,9-11H,4,7-8H2,1-3H3. The molecule has 0 saturated heterocycles. The summed E-state index contributed by atoms with van der Waals surface area (Å²) in [5.74, 6) is -0.470. The molecule has 2 bridgehead atoms. The number of methoxy groups -OCH3 is 2. The van der Waals surface area contributed by atoms with E-state index in [1.54, 1.807) is 0 Å². The Kier molecular flexibility index (Phi) is 3.46. The van der Waals surface area contributed by atoms with E-state index in [2.05, 4.69) is 12.2 Å².